The normalized spacial score (nSPS) is 8.60. The summed E-state index contributed by atoms with van der Waals surface area (Å²) in [6.07, 6.45) is 5.98. The Morgan fingerprint density at radius 2 is 1.20 bits per heavy atom. The molecule has 0 bridgehead atoms. The summed E-state index contributed by atoms with van der Waals surface area (Å²) in [7, 11) is 0. The van der Waals surface area contributed by atoms with Gasteiger partial charge in [0.1, 0.15) is 0 Å². The first-order valence-corrected chi connectivity index (χ1v) is 5.46. The second-order valence-corrected chi connectivity index (χ2v) is 3.57. The van der Waals surface area contributed by atoms with E-state index in [1.807, 2.05) is 40.7 Å². The van der Waals surface area contributed by atoms with Crippen molar-refractivity contribution in [2.24, 2.45) is 0 Å². The van der Waals surface area contributed by atoms with E-state index in [0.717, 1.165) is 0 Å². The molecule has 0 aromatic heterocycles. The van der Waals surface area contributed by atoms with Crippen molar-refractivity contribution < 1.29 is 0 Å². The second kappa shape index (κ2) is 15.4. The summed E-state index contributed by atoms with van der Waals surface area (Å²) in [4.78, 5) is 0. The summed E-state index contributed by atoms with van der Waals surface area (Å²) >= 11 is 0. The average Bonchev–Trinajstić information content (AvgIpc) is 2.16. The third-order valence-corrected chi connectivity index (χ3v) is 1.00. The Morgan fingerprint density at radius 3 is 1.40 bits per heavy atom. The lowest BCUT2D eigenvalue weighted by Gasteiger charge is -1.86. The molecule has 0 aliphatic rings. The molecule has 0 aromatic rings. The quantitative estimate of drug-likeness (QED) is 0.404. The topological polar surface area (TPSA) is 0 Å². The van der Waals surface area contributed by atoms with E-state index in [1.54, 1.807) is 0 Å². The van der Waals surface area contributed by atoms with Crippen LogP contribution in [0.3, 0.4) is 0 Å². The third kappa shape index (κ3) is 43.8. The molecule has 0 fully saturated rings. The van der Waals surface area contributed by atoms with Crippen LogP contribution in [0.1, 0.15) is 48.5 Å². The Labute approximate surface area is 97.1 Å². The summed E-state index contributed by atoms with van der Waals surface area (Å²) < 4.78 is 0. The number of rotatable bonds is 2. The fourth-order valence-corrected chi connectivity index (χ4v) is 0.366. The van der Waals surface area contributed by atoms with Crippen molar-refractivity contribution in [1.29, 1.82) is 0 Å². The first kappa shape index (κ1) is 19.5. The van der Waals surface area contributed by atoms with Gasteiger partial charge >= 0.3 is 0 Å². The third-order valence-electron chi connectivity index (χ3n) is 1.00. The van der Waals surface area contributed by atoms with Crippen LogP contribution in [0.4, 0.5) is 0 Å². The van der Waals surface area contributed by atoms with Gasteiger partial charge in [-0.15, -0.1) is 6.58 Å². The highest BCUT2D eigenvalue weighted by Crippen LogP contribution is 1.96. The number of hydrogen-bond donors (Lipinski definition) is 0. The lowest BCUT2D eigenvalue weighted by Crippen LogP contribution is -1.64. The van der Waals surface area contributed by atoms with E-state index in [4.69, 9.17) is 0 Å². The van der Waals surface area contributed by atoms with Crippen molar-refractivity contribution in [3.63, 3.8) is 0 Å². The highest BCUT2D eigenvalue weighted by molar-refractivity contribution is 5.21. The maximum absolute atomic E-state index is 3.64. The number of hydrogen-bond acceptors (Lipinski definition) is 0. The molecular weight excluding hydrogens is 180 g/mol. The van der Waals surface area contributed by atoms with Crippen LogP contribution in [0.2, 0.25) is 0 Å². The van der Waals surface area contributed by atoms with Crippen molar-refractivity contribution in [2.75, 3.05) is 0 Å². The standard InChI is InChI=1S/C9H14.C4H8.C2H6/c1-5-9(4)7-6-8(2)3;1-4(2)3;1-2/h5-7H,1H2,2-4H3;1H2,2-3H3;1-2H3/b9-7-;;. The second-order valence-electron chi connectivity index (χ2n) is 3.57. The van der Waals surface area contributed by atoms with Gasteiger partial charge in [0.25, 0.3) is 0 Å². The minimum absolute atomic E-state index is 1.17. The highest BCUT2D eigenvalue weighted by atomic mass is 13.8. The lowest BCUT2D eigenvalue weighted by molar-refractivity contribution is 1.38. The van der Waals surface area contributed by atoms with E-state index < -0.39 is 0 Å². The fraction of sp³-hybridized carbons (Fsp3) is 0.467. The lowest BCUT2D eigenvalue weighted by atomic mass is 10.2. The van der Waals surface area contributed by atoms with Crippen molar-refractivity contribution in [3.05, 3.63) is 48.1 Å². The van der Waals surface area contributed by atoms with Gasteiger partial charge in [0.05, 0.1) is 0 Å². The summed E-state index contributed by atoms with van der Waals surface area (Å²) in [5.41, 5.74) is 3.69. The molecular formula is C15H28. The Bertz CT molecular complexity index is 206. The van der Waals surface area contributed by atoms with Crippen molar-refractivity contribution >= 4 is 0 Å². The van der Waals surface area contributed by atoms with Gasteiger partial charge in [-0.2, -0.15) is 0 Å². The van der Waals surface area contributed by atoms with Gasteiger partial charge in [0.15, 0.2) is 0 Å². The van der Waals surface area contributed by atoms with Crippen molar-refractivity contribution in [3.8, 4) is 0 Å². The Hall–Kier alpha value is -1.04. The van der Waals surface area contributed by atoms with Crippen LogP contribution in [0.5, 0.6) is 0 Å². The molecule has 0 saturated carbocycles. The SMILES string of the molecule is C=C(C)C.C=C/C(C)=C\C=C(C)C.CC. The van der Waals surface area contributed by atoms with Gasteiger partial charge in [-0.1, -0.05) is 55.4 Å². The summed E-state index contributed by atoms with van der Waals surface area (Å²) in [6, 6.07) is 0. The smallest absolute Gasteiger partial charge is 0.0398 e. The zero-order valence-electron chi connectivity index (χ0n) is 11.6. The molecule has 0 aliphatic heterocycles. The van der Waals surface area contributed by atoms with Crippen LogP contribution in [0.15, 0.2) is 48.1 Å². The number of allylic oxidation sites excluding steroid dienone is 6. The van der Waals surface area contributed by atoms with E-state index in [2.05, 4.69) is 39.2 Å². The van der Waals surface area contributed by atoms with Crippen LogP contribution < -0.4 is 0 Å². The van der Waals surface area contributed by atoms with Gasteiger partial charge in [-0.25, -0.2) is 0 Å². The van der Waals surface area contributed by atoms with E-state index in [0.29, 0.717) is 0 Å². The van der Waals surface area contributed by atoms with E-state index >= 15 is 0 Å². The molecule has 0 rings (SSSR count). The predicted molar refractivity (Wildman–Crippen MR) is 75.2 cm³/mol. The molecule has 0 N–H and O–H groups in total. The van der Waals surface area contributed by atoms with Gasteiger partial charge in [-0.3, -0.25) is 0 Å². The van der Waals surface area contributed by atoms with E-state index in [9.17, 15) is 0 Å². The van der Waals surface area contributed by atoms with Crippen LogP contribution in [-0.2, 0) is 0 Å². The zero-order chi connectivity index (χ0) is 12.9. The Morgan fingerprint density at radius 1 is 0.867 bits per heavy atom. The molecule has 15 heavy (non-hydrogen) atoms. The molecule has 0 unspecified atom stereocenters. The maximum Gasteiger partial charge on any atom is -0.0398 e. The van der Waals surface area contributed by atoms with Crippen molar-refractivity contribution in [2.45, 2.75) is 48.5 Å². The molecule has 88 valence electrons. The molecule has 0 radical (unpaired) electrons. The van der Waals surface area contributed by atoms with Gasteiger partial charge in [-0.05, 0) is 34.6 Å². The van der Waals surface area contributed by atoms with Crippen molar-refractivity contribution in [1.82, 2.24) is 0 Å². The minimum Gasteiger partial charge on any atom is -0.100 e. The summed E-state index contributed by atoms with van der Waals surface area (Å²) in [5.74, 6) is 0. The van der Waals surface area contributed by atoms with Crippen LogP contribution in [-0.4, -0.2) is 0 Å². The van der Waals surface area contributed by atoms with Gasteiger partial charge in [0.2, 0.25) is 0 Å². The summed E-state index contributed by atoms with van der Waals surface area (Å²) in [5, 5.41) is 0. The van der Waals surface area contributed by atoms with Crippen LogP contribution in [0.25, 0.3) is 0 Å². The van der Waals surface area contributed by atoms with Gasteiger partial charge < -0.3 is 0 Å². The van der Waals surface area contributed by atoms with E-state index in [-0.39, 0.29) is 0 Å². The highest BCUT2D eigenvalue weighted by Gasteiger charge is 1.74. The first-order chi connectivity index (χ1) is 6.90. The average molecular weight is 208 g/mol. The molecule has 0 amide bonds. The summed E-state index contributed by atoms with van der Waals surface area (Å²) in [6.45, 7) is 21.3. The molecule has 0 atom stereocenters. The van der Waals surface area contributed by atoms with Gasteiger partial charge in [0, 0.05) is 0 Å². The molecule has 0 nitrogen and oxygen atoms in total. The molecule has 0 aliphatic carbocycles. The maximum atomic E-state index is 3.64. The van der Waals surface area contributed by atoms with Crippen LogP contribution >= 0.6 is 0 Å². The molecule has 0 spiro atoms. The fourth-order valence-electron chi connectivity index (χ4n) is 0.366. The Balaban J connectivity index is -0.000000202. The van der Waals surface area contributed by atoms with Crippen LogP contribution in [0, 0.1) is 0 Å². The first-order valence-electron chi connectivity index (χ1n) is 5.46. The zero-order valence-corrected chi connectivity index (χ0v) is 11.6. The monoisotopic (exact) mass is 208 g/mol. The molecule has 0 heterocycles. The molecule has 0 saturated heterocycles. The Kier molecular flexibility index (Phi) is 20.1. The minimum atomic E-state index is 1.17. The predicted octanol–water partition coefficient (Wildman–Crippen LogP) is 5.69. The van der Waals surface area contributed by atoms with E-state index in [1.165, 1.54) is 16.7 Å². The molecule has 0 heteroatoms. The largest absolute Gasteiger partial charge is 0.100 e. The molecule has 0 aromatic carbocycles.